The number of rotatable bonds is 8. The van der Waals surface area contributed by atoms with E-state index in [0.717, 1.165) is 25.8 Å². The van der Waals surface area contributed by atoms with Crippen LogP contribution in [0.5, 0.6) is 0 Å². The highest BCUT2D eigenvalue weighted by Crippen LogP contribution is 2.23. The quantitative estimate of drug-likeness (QED) is 0.224. The van der Waals surface area contributed by atoms with Crippen LogP contribution < -0.4 is 11.1 Å². The maximum absolute atomic E-state index is 8.72. The van der Waals surface area contributed by atoms with Crippen LogP contribution in [0.2, 0.25) is 0 Å². The number of hydrogen-bond donors (Lipinski definition) is 3. The molecule has 1 rings (SSSR count). The van der Waals surface area contributed by atoms with E-state index in [-0.39, 0.29) is 5.41 Å². The molecular weight excluding hydrogens is 250 g/mol. The van der Waals surface area contributed by atoms with Crippen LogP contribution in [0.4, 0.5) is 0 Å². The Kier molecular flexibility index (Phi) is 6.52. The summed E-state index contributed by atoms with van der Waals surface area (Å²) < 4.78 is 0. The van der Waals surface area contributed by atoms with Crippen molar-refractivity contribution in [1.29, 1.82) is 0 Å². The maximum Gasteiger partial charge on any atom is 0.144 e. The van der Waals surface area contributed by atoms with Crippen LogP contribution in [0, 0.1) is 5.41 Å². The Morgan fingerprint density at radius 2 is 1.95 bits per heavy atom. The van der Waals surface area contributed by atoms with Gasteiger partial charge in [-0.2, -0.15) is 0 Å². The summed E-state index contributed by atoms with van der Waals surface area (Å²) in [6.45, 7) is 7.15. The van der Waals surface area contributed by atoms with Crippen molar-refractivity contribution in [3.63, 3.8) is 0 Å². The number of nitrogens with one attached hydrogen (secondary N) is 1. The predicted molar refractivity (Wildman–Crippen MR) is 83.9 cm³/mol. The second-order valence-corrected chi connectivity index (χ2v) is 5.91. The van der Waals surface area contributed by atoms with Crippen molar-refractivity contribution in [3.8, 4) is 0 Å². The van der Waals surface area contributed by atoms with Crippen molar-refractivity contribution in [2.75, 3.05) is 6.54 Å². The number of hydrogen-bond acceptors (Lipinski definition) is 3. The maximum atomic E-state index is 8.72. The second kappa shape index (κ2) is 7.90. The van der Waals surface area contributed by atoms with E-state index in [1.54, 1.807) is 0 Å². The van der Waals surface area contributed by atoms with E-state index in [4.69, 9.17) is 10.9 Å². The van der Waals surface area contributed by atoms with Gasteiger partial charge in [0.15, 0.2) is 0 Å². The molecule has 0 amide bonds. The molecule has 0 fully saturated rings. The van der Waals surface area contributed by atoms with Gasteiger partial charge < -0.3 is 16.3 Å². The summed E-state index contributed by atoms with van der Waals surface area (Å²) in [4.78, 5) is 0. The van der Waals surface area contributed by atoms with Gasteiger partial charge in [0, 0.05) is 11.5 Å². The smallest absolute Gasteiger partial charge is 0.144 e. The normalized spacial score (nSPS) is 14.2. The van der Waals surface area contributed by atoms with E-state index in [1.165, 1.54) is 5.56 Å². The summed E-state index contributed by atoms with van der Waals surface area (Å²) in [6, 6.07) is 10.8. The number of nitrogens with zero attached hydrogens (tertiary/aromatic N) is 1. The fourth-order valence-corrected chi connectivity index (χ4v) is 2.13. The Balaban J connectivity index is 2.23. The Bertz CT molecular complexity index is 415. The van der Waals surface area contributed by atoms with Crippen molar-refractivity contribution in [2.24, 2.45) is 16.3 Å². The minimum Gasteiger partial charge on any atom is -0.409 e. The van der Waals surface area contributed by atoms with Crippen molar-refractivity contribution in [2.45, 2.75) is 46.1 Å². The lowest BCUT2D eigenvalue weighted by atomic mass is 9.86. The molecule has 4 nitrogen and oxygen atoms in total. The average Bonchev–Trinajstić information content (AvgIpc) is 2.46. The first-order valence-corrected chi connectivity index (χ1v) is 7.23. The largest absolute Gasteiger partial charge is 0.409 e. The highest BCUT2D eigenvalue weighted by molar-refractivity contribution is 5.85. The molecule has 1 atom stereocenters. The minimum absolute atomic E-state index is 0.236. The zero-order chi connectivity index (χ0) is 15.0. The van der Waals surface area contributed by atoms with Gasteiger partial charge in [-0.05, 0) is 31.9 Å². The van der Waals surface area contributed by atoms with Crippen LogP contribution in [0.3, 0.4) is 0 Å². The van der Waals surface area contributed by atoms with Crippen LogP contribution in [-0.2, 0) is 0 Å². The first kappa shape index (κ1) is 16.5. The zero-order valence-corrected chi connectivity index (χ0v) is 12.8. The van der Waals surface area contributed by atoms with E-state index in [1.807, 2.05) is 19.9 Å². The fourth-order valence-electron chi connectivity index (χ4n) is 2.13. The lowest BCUT2D eigenvalue weighted by Crippen LogP contribution is -2.32. The SMILES string of the molecule is C[C@H](NCCCCC(C)(C)/C(N)=N/O)c1ccccc1. The van der Waals surface area contributed by atoms with Gasteiger partial charge in [-0.25, -0.2) is 0 Å². The van der Waals surface area contributed by atoms with Crippen molar-refractivity contribution in [3.05, 3.63) is 35.9 Å². The highest BCUT2D eigenvalue weighted by atomic mass is 16.4. The van der Waals surface area contributed by atoms with Gasteiger partial charge in [0.2, 0.25) is 0 Å². The molecule has 112 valence electrons. The molecule has 0 bridgehead atoms. The lowest BCUT2D eigenvalue weighted by molar-refractivity contribution is 0.304. The van der Waals surface area contributed by atoms with E-state index in [9.17, 15) is 0 Å². The average molecular weight is 277 g/mol. The molecule has 0 aliphatic rings. The summed E-state index contributed by atoms with van der Waals surface area (Å²) in [7, 11) is 0. The molecule has 0 aliphatic heterocycles. The molecule has 4 N–H and O–H groups in total. The van der Waals surface area contributed by atoms with Crippen LogP contribution in [0.25, 0.3) is 0 Å². The zero-order valence-electron chi connectivity index (χ0n) is 12.8. The molecule has 0 heterocycles. The Hall–Kier alpha value is -1.55. The predicted octanol–water partition coefficient (Wildman–Crippen LogP) is 3.28. The first-order chi connectivity index (χ1) is 9.47. The molecular formula is C16H27N3O. The monoisotopic (exact) mass is 277 g/mol. The molecule has 1 aromatic carbocycles. The van der Waals surface area contributed by atoms with Gasteiger partial charge in [-0.15, -0.1) is 0 Å². The summed E-state index contributed by atoms with van der Waals surface area (Å²) in [5.74, 6) is 0.308. The molecule has 0 aromatic heterocycles. The van der Waals surface area contributed by atoms with Crippen molar-refractivity contribution in [1.82, 2.24) is 5.32 Å². The molecule has 0 saturated heterocycles. The van der Waals surface area contributed by atoms with E-state index < -0.39 is 0 Å². The van der Waals surface area contributed by atoms with Crippen LogP contribution in [0.15, 0.2) is 35.5 Å². The van der Waals surface area contributed by atoms with E-state index in [2.05, 4.69) is 41.7 Å². The fraction of sp³-hybridized carbons (Fsp3) is 0.562. The number of nitrogens with two attached hydrogens (primary N) is 1. The van der Waals surface area contributed by atoms with Crippen molar-refractivity contribution < 1.29 is 5.21 Å². The summed E-state index contributed by atoms with van der Waals surface area (Å²) in [6.07, 6.45) is 3.06. The standard InChI is InChI=1S/C16H27N3O/c1-13(14-9-5-4-6-10-14)18-12-8-7-11-16(2,3)15(17)19-20/h4-6,9-10,13,18,20H,7-8,11-12H2,1-3H3,(H2,17,19)/t13-/m0/s1. The third kappa shape index (κ3) is 5.21. The third-order valence-corrected chi connectivity index (χ3v) is 3.78. The topological polar surface area (TPSA) is 70.6 Å². The van der Waals surface area contributed by atoms with Crippen LogP contribution in [0.1, 0.15) is 51.6 Å². The first-order valence-electron chi connectivity index (χ1n) is 7.23. The van der Waals surface area contributed by atoms with Gasteiger partial charge in [0.1, 0.15) is 5.84 Å². The molecule has 20 heavy (non-hydrogen) atoms. The molecule has 4 heteroatoms. The Morgan fingerprint density at radius 1 is 1.30 bits per heavy atom. The number of benzene rings is 1. The number of oxime groups is 1. The van der Waals surface area contributed by atoms with Gasteiger partial charge in [-0.3, -0.25) is 0 Å². The minimum atomic E-state index is -0.236. The Labute approximate surface area is 122 Å². The summed E-state index contributed by atoms with van der Waals surface area (Å²) in [5.41, 5.74) is 6.75. The van der Waals surface area contributed by atoms with Crippen LogP contribution >= 0.6 is 0 Å². The van der Waals surface area contributed by atoms with Gasteiger partial charge in [-0.1, -0.05) is 55.8 Å². The summed E-state index contributed by atoms with van der Waals surface area (Å²) >= 11 is 0. The lowest BCUT2D eigenvalue weighted by Gasteiger charge is -2.22. The molecule has 0 spiro atoms. The van der Waals surface area contributed by atoms with Gasteiger partial charge in [0.25, 0.3) is 0 Å². The molecule has 0 aliphatic carbocycles. The van der Waals surface area contributed by atoms with Crippen LogP contribution in [-0.4, -0.2) is 17.6 Å². The van der Waals surface area contributed by atoms with E-state index in [0.29, 0.717) is 11.9 Å². The highest BCUT2D eigenvalue weighted by Gasteiger charge is 2.22. The third-order valence-electron chi connectivity index (χ3n) is 3.78. The molecule has 0 saturated carbocycles. The number of amidine groups is 1. The van der Waals surface area contributed by atoms with Gasteiger partial charge in [0.05, 0.1) is 0 Å². The summed E-state index contributed by atoms with van der Waals surface area (Å²) in [5, 5.41) is 15.3. The second-order valence-electron chi connectivity index (χ2n) is 5.91. The van der Waals surface area contributed by atoms with E-state index >= 15 is 0 Å². The molecule has 0 radical (unpaired) electrons. The number of unbranched alkanes of at least 4 members (excludes halogenated alkanes) is 1. The van der Waals surface area contributed by atoms with Crippen molar-refractivity contribution >= 4 is 5.84 Å². The molecule has 0 unspecified atom stereocenters. The Morgan fingerprint density at radius 3 is 2.55 bits per heavy atom. The molecule has 1 aromatic rings. The van der Waals surface area contributed by atoms with Gasteiger partial charge >= 0.3 is 0 Å².